The standard InChI is InChI=1S/C28H30F2N3O6P/c1-17(15-18-7-9-19(10-8-18)39-14-4-13-28(29,30)40(36,37)38)22-16-32-26-25(20(22)11-12-24(34)35)21-5-2-3-6-23(21)33-27(26)31/h2-3,5-10,16-17H,4,11-15H2,1H3,(H2,31,33)(H,34,35)(H2,36,37,38). The molecule has 0 bridgehead atoms. The summed E-state index contributed by atoms with van der Waals surface area (Å²) in [6.07, 6.45) is 1.40. The van der Waals surface area contributed by atoms with Gasteiger partial charge in [-0.1, -0.05) is 37.3 Å². The van der Waals surface area contributed by atoms with Crippen LogP contribution in [0.1, 0.15) is 48.8 Å². The van der Waals surface area contributed by atoms with Crippen molar-refractivity contribution < 1.29 is 37.8 Å². The van der Waals surface area contributed by atoms with Crippen LogP contribution < -0.4 is 10.5 Å². The van der Waals surface area contributed by atoms with Gasteiger partial charge in [0, 0.05) is 29.8 Å². The maximum Gasteiger partial charge on any atom is 0.394 e. The molecule has 212 valence electrons. The van der Waals surface area contributed by atoms with Crippen LogP contribution in [0.5, 0.6) is 5.75 Å². The number of hydrogen-bond donors (Lipinski definition) is 4. The Labute approximate surface area is 229 Å². The zero-order chi connectivity index (χ0) is 29.1. The lowest BCUT2D eigenvalue weighted by molar-refractivity contribution is -0.136. The first-order valence-electron chi connectivity index (χ1n) is 12.7. The molecule has 9 nitrogen and oxygen atoms in total. The molecule has 4 rings (SSSR count). The third-order valence-corrected chi connectivity index (χ3v) is 7.85. The van der Waals surface area contributed by atoms with E-state index in [1.54, 1.807) is 18.3 Å². The van der Waals surface area contributed by atoms with E-state index < -0.39 is 25.6 Å². The molecule has 0 aliphatic carbocycles. The van der Waals surface area contributed by atoms with Crippen LogP contribution in [-0.2, 0) is 22.2 Å². The van der Waals surface area contributed by atoms with Gasteiger partial charge in [0.05, 0.1) is 12.1 Å². The number of ether oxygens (including phenoxy) is 1. The fourth-order valence-corrected chi connectivity index (χ4v) is 5.19. The van der Waals surface area contributed by atoms with Crippen LogP contribution in [0, 0.1) is 0 Å². The molecule has 5 N–H and O–H groups in total. The minimum atomic E-state index is -5.50. The zero-order valence-corrected chi connectivity index (χ0v) is 22.7. The van der Waals surface area contributed by atoms with E-state index in [1.807, 2.05) is 43.3 Å². The smallest absolute Gasteiger partial charge is 0.394 e. The predicted molar refractivity (Wildman–Crippen MR) is 148 cm³/mol. The van der Waals surface area contributed by atoms with Gasteiger partial charge in [0.15, 0.2) is 5.82 Å². The first kappa shape index (κ1) is 29.3. The summed E-state index contributed by atoms with van der Waals surface area (Å²) in [4.78, 5) is 38.0. The van der Waals surface area contributed by atoms with Crippen LogP contribution in [0.2, 0.25) is 0 Å². The minimum absolute atomic E-state index is 0.0319. The number of alkyl halides is 2. The van der Waals surface area contributed by atoms with Gasteiger partial charge in [0.1, 0.15) is 11.3 Å². The van der Waals surface area contributed by atoms with Crippen molar-refractivity contribution in [2.24, 2.45) is 0 Å². The molecule has 0 spiro atoms. The van der Waals surface area contributed by atoms with E-state index in [1.165, 1.54) is 0 Å². The average molecular weight is 574 g/mol. The second-order valence-electron chi connectivity index (χ2n) is 9.73. The number of benzene rings is 2. The number of carbonyl (C=O) groups is 1. The molecule has 1 unspecified atom stereocenters. The topological polar surface area (TPSA) is 156 Å². The Balaban J connectivity index is 1.53. The Morgan fingerprint density at radius 3 is 2.52 bits per heavy atom. The predicted octanol–water partition coefficient (Wildman–Crippen LogP) is 5.66. The molecular formula is C28H30F2N3O6P. The molecule has 0 aliphatic heterocycles. The van der Waals surface area contributed by atoms with Gasteiger partial charge >= 0.3 is 19.2 Å². The molecule has 2 aromatic heterocycles. The number of fused-ring (bicyclic) bond motifs is 3. The SMILES string of the molecule is CC(Cc1ccc(OCCCC(F)(F)P(=O)(O)O)cc1)c1cnc2c(N)nc3ccccc3c2c1CCC(=O)O. The van der Waals surface area contributed by atoms with Gasteiger partial charge in [0.25, 0.3) is 0 Å². The number of nitrogens with two attached hydrogens (primary N) is 1. The number of carboxylic acid groups (broad SMARTS) is 1. The number of nitrogens with zero attached hydrogens (tertiary/aromatic N) is 2. The number of halogens is 2. The lowest BCUT2D eigenvalue weighted by Gasteiger charge is -2.20. The number of para-hydroxylation sites is 1. The third-order valence-electron chi connectivity index (χ3n) is 6.78. The van der Waals surface area contributed by atoms with Crippen molar-refractivity contribution in [2.45, 2.75) is 50.6 Å². The lowest BCUT2D eigenvalue weighted by Crippen LogP contribution is -2.17. The second-order valence-corrected chi connectivity index (χ2v) is 11.5. The van der Waals surface area contributed by atoms with Crippen LogP contribution in [0.15, 0.2) is 54.7 Å². The summed E-state index contributed by atoms with van der Waals surface area (Å²) in [5, 5.41) is 11.1. The summed E-state index contributed by atoms with van der Waals surface area (Å²) in [6.45, 7) is 1.92. The van der Waals surface area contributed by atoms with Crippen molar-refractivity contribution in [1.82, 2.24) is 9.97 Å². The zero-order valence-electron chi connectivity index (χ0n) is 21.8. The highest BCUT2D eigenvalue weighted by atomic mass is 31.2. The molecule has 0 fully saturated rings. The quantitative estimate of drug-likeness (QED) is 0.0954. The molecule has 1 atom stereocenters. The number of anilines is 1. The number of carboxylic acids is 1. The number of aryl methyl sites for hydroxylation is 1. The van der Waals surface area contributed by atoms with E-state index >= 15 is 0 Å². The van der Waals surface area contributed by atoms with E-state index in [-0.39, 0.29) is 31.2 Å². The lowest BCUT2D eigenvalue weighted by atomic mass is 9.87. The third kappa shape index (κ3) is 6.55. The van der Waals surface area contributed by atoms with Crippen molar-refractivity contribution in [3.8, 4) is 5.75 Å². The van der Waals surface area contributed by atoms with Gasteiger partial charge in [-0.3, -0.25) is 14.3 Å². The van der Waals surface area contributed by atoms with E-state index in [0.29, 0.717) is 29.6 Å². The summed E-state index contributed by atoms with van der Waals surface area (Å²) in [5.74, 6) is -0.211. The molecule has 0 saturated heterocycles. The fourth-order valence-electron chi connectivity index (χ4n) is 4.75. The normalized spacial score (nSPS) is 13.0. The molecule has 2 heterocycles. The summed E-state index contributed by atoms with van der Waals surface area (Å²) in [7, 11) is -5.50. The van der Waals surface area contributed by atoms with Crippen LogP contribution in [-0.4, -0.2) is 43.1 Å². The Morgan fingerprint density at radius 1 is 1.15 bits per heavy atom. The minimum Gasteiger partial charge on any atom is -0.494 e. The maximum atomic E-state index is 13.4. The van der Waals surface area contributed by atoms with E-state index in [4.69, 9.17) is 20.3 Å². The van der Waals surface area contributed by atoms with E-state index in [0.717, 1.165) is 27.5 Å². The number of rotatable bonds is 12. The summed E-state index contributed by atoms with van der Waals surface area (Å²) < 4.78 is 43.1. The highest BCUT2D eigenvalue weighted by molar-refractivity contribution is 7.53. The molecule has 0 aliphatic rings. The van der Waals surface area contributed by atoms with Gasteiger partial charge in [-0.15, -0.1) is 0 Å². The molecule has 0 amide bonds. The number of hydrogen-bond acceptors (Lipinski definition) is 6. The number of pyridine rings is 2. The van der Waals surface area contributed by atoms with Crippen LogP contribution in [0.3, 0.4) is 0 Å². The summed E-state index contributed by atoms with van der Waals surface area (Å²) in [6, 6.07) is 14.6. The van der Waals surface area contributed by atoms with Crippen molar-refractivity contribution in [1.29, 1.82) is 0 Å². The number of aliphatic carboxylic acids is 1. The number of aromatic nitrogens is 2. The highest BCUT2D eigenvalue weighted by Crippen LogP contribution is 2.55. The molecular weight excluding hydrogens is 543 g/mol. The first-order valence-corrected chi connectivity index (χ1v) is 14.3. The van der Waals surface area contributed by atoms with Crippen LogP contribution >= 0.6 is 7.60 Å². The molecule has 4 aromatic rings. The molecule has 0 radical (unpaired) electrons. The van der Waals surface area contributed by atoms with Gasteiger partial charge < -0.3 is 25.4 Å². The van der Waals surface area contributed by atoms with Gasteiger partial charge in [-0.25, -0.2) is 4.98 Å². The average Bonchev–Trinajstić information content (AvgIpc) is 2.89. The van der Waals surface area contributed by atoms with Crippen molar-refractivity contribution in [3.05, 3.63) is 71.4 Å². The Morgan fingerprint density at radius 2 is 1.85 bits per heavy atom. The Hall–Kier alpha value is -3.66. The monoisotopic (exact) mass is 573 g/mol. The van der Waals surface area contributed by atoms with Gasteiger partial charge in [-0.05, 0) is 60.1 Å². The molecule has 12 heteroatoms. The van der Waals surface area contributed by atoms with Crippen molar-refractivity contribution in [3.63, 3.8) is 0 Å². The highest BCUT2D eigenvalue weighted by Gasteiger charge is 2.47. The molecule has 40 heavy (non-hydrogen) atoms. The van der Waals surface area contributed by atoms with Crippen LogP contribution in [0.4, 0.5) is 14.6 Å². The summed E-state index contributed by atoms with van der Waals surface area (Å²) >= 11 is 0. The molecule has 2 aromatic carbocycles. The first-order chi connectivity index (χ1) is 18.9. The van der Waals surface area contributed by atoms with Crippen molar-refractivity contribution in [2.75, 3.05) is 12.3 Å². The van der Waals surface area contributed by atoms with Crippen LogP contribution in [0.25, 0.3) is 21.8 Å². The van der Waals surface area contributed by atoms with Gasteiger partial charge in [0.2, 0.25) is 0 Å². The Bertz CT molecular complexity index is 1580. The number of nitrogen functional groups attached to an aromatic ring is 1. The summed E-state index contributed by atoms with van der Waals surface area (Å²) in [5.41, 5.74) is 6.14. The molecule has 0 saturated carbocycles. The van der Waals surface area contributed by atoms with E-state index in [9.17, 15) is 23.2 Å². The Kier molecular flexibility index (Phi) is 8.68. The second kappa shape index (κ2) is 11.8. The van der Waals surface area contributed by atoms with Gasteiger partial charge in [-0.2, -0.15) is 8.78 Å². The fraction of sp³-hybridized carbons (Fsp3) is 0.321. The van der Waals surface area contributed by atoms with E-state index in [2.05, 4.69) is 9.97 Å². The van der Waals surface area contributed by atoms with Crippen molar-refractivity contribution >= 4 is 41.2 Å². The maximum absolute atomic E-state index is 13.4. The largest absolute Gasteiger partial charge is 0.494 e.